The molecule has 3 heteroatoms. The Kier molecular flexibility index (Phi) is 8.00. The van der Waals surface area contributed by atoms with Gasteiger partial charge in [0.25, 0.3) is 0 Å². The zero-order valence-electron chi connectivity index (χ0n) is 37.0. The van der Waals surface area contributed by atoms with Crippen LogP contribution in [0, 0.1) is 0 Å². The lowest BCUT2D eigenvalue weighted by molar-refractivity contribution is 0.594. The Bertz CT molecular complexity index is 3580. The third-order valence-electron chi connectivity index (χ3n) is 14.7. The van der Waals surface area contributed by atoms with Crippen LogP contribution in [0.3, 0.4) is 0 Å². The molecule has 0 N–H and O–H groups in total. The lowest BCUT2D eigenvalue weighted by Gasteiger charge is -2.42. The Morgan fingerprint density at radius 2 is 0.785 bits per heavy atom. The minimum Gasteiger partial charge on any atom is -0.311 e. The topological polar surface area (TPSA) is 11.4 Å². The Hall–Kier alpha value is -7.88. The van der Waals surface area contributed by atoms with Crippen molar-refractivity contribution in [3.05, 3.63) is 235 Å². The minimum atomic E-state index is -0.275. The van der Waals surface area contributed by atoms with Crippen molar-refractivity contribution in [3.63, 3.8) is 0 Å². The van der Waals surface area contributed by atoms with Gasteiger partial charge in [-0.05, 0) is 117 Å². The van der Waals surface area contributed by atoms with Gasteiger partial charge in [0.1, 0.15) is 0 Å². The number of nitrogens with zero attached hydrogens (tertiary/aromatic N) is 3. The van der Waals surface area contributed by atoms with Crippen LogP contribution in [-0.4, -0.2) is 4.57 Å². The van der Waals surface area contributed by atoms with Crippen LogP contribution >= 0.6 is 0 Å². The lowest BCUT2D eigenvalue weighted by atomic mass is 9.68. The SMILES string of the molecule is CC1(C)c2cccc3c2-n2c4c1cc(-c1ccc(N(c5ccccc5)c5ccccc5)cc1)cc4c1cc(N(c4cccc5ccccc45)c4cccc5ccccc45)cc(c12)C3(C)C. The summed E-state index contributed by atoms with van der Waals surface area (Å²) < 4.78 is 2.64. The van der Waals surface area contributed by atoms with Gasteiger partial charge >= 0.3 is 0 Å². The number of hydrogen-bond donors (Lipinski definition) is 0. The molecule has 3 heterocycles. The van der Waals surface area contributed by atoms with Gasteiger partial charge in [0.2, 0.25) is 0 Å². The van der Waals surface area contributed by atoms with Crippen molar-refractivity contribution in [2.24, 2.45) is 0 Å². The molecule has 0 aliphatic carbocycles. The maximum absolute atomic E-state index is 2.64. The number of aromatic nitrogens is 1. The molecular formula is C62H47N3. The molecule has 1 aromatic heterocycles. The van der Waals surface area contributed by atoms with Gasteiger partial charge in [0, 0.05) is 55.1 Å². The van der Waals surface area contributed by atoms with Gasteiger partial charge in [-0.3, -0.25) is 0 Å². The summed E-state index contributed by atoms with van der Waals surface area (Å²) in [4.78, 5) is 4.87. The second-order valence-corrected chi connectivity index (χ2v) is 19.0. The van der Waals surface area contributed by atoms with Crippen LogP contribution in [0.25, 0.3) is 60.2 Å². The molecule has 65 heavy (non-hydrogen) atoms. The normalized spacial score (nSPS) is 14.1. The van der Waals surface area contributed by atoms with Gasteiger partial charge < -0.3 is 14.4 Å². The van der Waals surface area contributed by atoms with Crippen LogP contribution in [0.4, 0.5) is 34.1 Å². The molecule has 11 aromatic rings. The molecule has 2 aliphatic heterocycles. The molecule has 3 nitrogen and oxygen atoms in total. The Labute approximate surface area is 380 Å². The predicted octanol–water partition coefficient (Wildman–Crippen LogP) is 17.0. The van der Waals surface area contributed by atoms with E-state index in [4.69, 9.17) is 0 Å². The van der Waals surface area contributed by atoms with Crippen LogP contribution in [-0.2, 0) is 10.8 Å². The van der Waals surface area contributed by atoms with E-state index in [1.54, 1.807) is 0 Å². The van der Waals surface area contributed by atoms with Gasteiger partial charge in [-0.15, -0.1) is 0 Å². The van der Waals surface area contributed by atoms with Crippen LogP contribution < -0.4 is 9.80 Å². The van der Waals surface area contributed by atoms with Gasteiger partial charge in [-0.2, -0.15) is 0 Å². The molecular weight excluding hydrogens is 787 g/mol. The molecule has 2 aliphatic rings. The first kappa shape index (κ1) is 37.7. The van der Waals surface area contributed by atoms with Gasteiger partial charge in [-0.1, -0.05) is 167 Å². The van der Waals surface area contributed by atoms with E-state index in [1.165, 1.54) is 82.4 Å². The quantitative estimate of drug-likeness (QED) is 0.158. The Morgan fingerprint density at radius 1 is 0.323 bits per heavy atom. The standard InChI is InChI=1S/C62H47N3/c1-61(2)52-28-17-29-53-60(52)65-58-50(36-43(37-54(58)61)40-32-34-46(35-33-40)63(44-22-7-5-8-23-44)45-24-9-6-10-25-45)51-38-47(39-55(59(51)65)62(53,3)4)64(56-30-15-20-41-18-11-13-26-48(41)56)57-31-16-21-42-19-12-14-27-49(42)57/h5-39H,1-4H3. The first-order valence-electron chi connectivity index (χ1n) is 22.9. The minimum absolute atomic E-state index is 0.240. The van der Waals surface area contributed by atoms with Crippen molar-refractivity contribution < 1.29 is 0 Å². The second kappa shape index (κ2) is 13.8. The van der Waals surface area contributed by atoms with E-state index in [9.17, 15) is 0 Å². The third-order valence-corrected chi connectivity index (χ3v) is 14.7. The summed E-state index contributed by atoms with van der Waals surface area (Å²) in [6.45, 7) is 9.73. The number of fused-ring (bicyclic) bond motifs is 3. The van der Waals surface area contributed by atoms with Gasteiger partial charge in [0.05, 0.1) is 28.1 Å². The highest BCUT2D eigenvalue weighted by Gasteiger charge is 2.44. The average Bonchev–Trinajstić information content (AvgIpc) is 3.68. The summed E-state index contributed by atoms with van der Waals surface area (Å²) in [6.07, 6.45) is 0. The zero-order valence-corrected chi connectivity index (χ0v) is 37.0. The molecule has 0 unspecified atom stereocenters. The largest absolute Gasteiger partial charge is 0.311 e. The van der Waals surface area contributed by atoms with Gasteiger partial charge in [-0.25, -0.2) is 0 Å². The summed E-state index contributed by atoms with van der Waals surface area (Å²) in [5.74, 6) is 0. The number of rotatable bonds is 7. The molecule has 0 fully saturated rings. The van der Waals surface area contributed by atoms with E-state index >= 15 is 0 Å². The van der Waals surface area contributed by atoms with E-state index in [0.29, 0.717) is 0 Å². The van der Waals surface area contributed by atoms with E-state index in [2.05, 4.69) is 254 Å². The molecule has 0 radical (unpaired) electrons. The summed E-state index contributed by atoms with van der Waals surface area (Å²) >= 11 is 0. The fraction of sp³-hybridized carbons (Fsp3) is 0.0968. The van der Waals surface area contributed by atoms with Crippen molar-refractivity contribution in [1.82, 2.24) is 4.57 Å². The average molecular weight is 834 g/mol. The fourth-order valence-electron chi connectivity index (χ4n) is 11.4. The highest BCUT2D eigenvalue weighted by Crippen LogP contribution is 2.57. The van der Waals surface area contributed by atoms with Crippen LogP contribution in [0.15, 0.2) is 212 Å². The third kappa shape index (κ3) is 5.42. The summed E-state index contributed by atoms with van der Waals surface area (Å²) in [5, 5.41) is 7.46. The predicted molar refractivity (Wildman–Crippen MR) is 275 cm³/mol. The Balaban J connectivity index is 1.09. The van der Waals surface area contributed by atoms with Crippen molar-refractivity contribution in [3.8, 4) is 16.8 Å². The van der Waals surface area contributed by atoms with E-state index in [-0.39, 0.29) is 10.8 Å². The highest BCUT2D eigenvalue weighted by atomic mass is 15.2. The summed E-state index contributed by atoms with van der Waals surface area (Å²) in [6, 6.07) is 78.6. The molecule has 0 spiro atoms. The molecule has 0 atom stereocenters. The lowest BCUT2D eigenvalue weighted by Crippen LogP contribution is -2.33. The summed E-state index contributed by atoms with van der Waals surface area (Å²) in [5.41, 5.74) is 18.2. The maximum Gasteiger partial charge on any atom is 0.0583 e. The molecule has 10 aromatic carbocycles. The Morgan fingerprint density at radius 3 is 1.35 bits per heavy atom. The van der Waals surface area contributed by atoms with Crippen molar-refractivity contribution in [2.75, 3.05) is 9.80 Å². The molecule has 310 valence electrons. The zero-order chi connectivity index (χ0) is 43.6. The van der Waals surface area contributed by atoms with Crippen molar-refractivity contribution >= 4 is 77.5 Å². The molecule has 0 amide bonds. The van der Waals surface area contributed by atoms with Gasteiger partial charge in [0.15, 0.2) is 0 Å². The highest BCUT2D eigenvalue weighted by molar-refractivity contribution is 6.17. The second-order valence-electron chi connectivity index (χ2n) is 19.0. The van der Waals surface area contributed by atoms with E-state index in [0.717, 1.165) is 34.1 Å². The molecule has 0 saturated carbocycles. The number of anilines is 6. The van der Waals surface area contributed by atoms with E-state index in [1.807, 2.05) is 0 Å². The number of benzene rings is 10. The van der Waals surface area contributed by atoms with Crippen molar-refractivity contribution in [2.45, 2.75) is 38.5 Å². The molecule has 0 bridgehead atoms. The first-order chi connectivity index (χ1) is 31.8. The molecule has 0 saturated heterocycles. The fourth-order valence-corrected chi connectivity index (χ4v) is 11.4. The number of hydrogen-bond acceptors (Lipinski definition) is 2. The van der Waals surface area contributed by atoms with Crippen molar-refractivity contribution in [1.29, 1.82) is 0 Å². The summed E-state index contributed by atoms with van der Waals surface area (Å²) in [7, 11) is 0. The molecule has 13 rings (SSSR count). The smallest absolute Gasteiger partial charge is 0.0583 e. The first-order valence-corrected chi connectivity index (χ1v) is 22.9. The van der Waals surface area contributed by atoms with Crippen LogP contribution in [0.1, 0.15) is 49.9 Å². The monoisotopic (exact) mass is 833 g/mol. The van der Waals surface area contributed by atoms with E-state index < -0.39 is 0 Å². The number of para-hydroxylation sites is 3. The van der Waals surface area contributed by atoms with Crippen LogP contribution in [0.2, 0.25) is 0 Å². The maximum atomic E-state index is 2.64. The van der Waals surface area contributed by atoms with Crippen LogP contribution in [0.5, 0.6) is 0 Å².